The minimum Gasteiger partial charge on any atom is -0.237 e. The van der Waals surface area contributed by atoms with Gasteiger partial charge < -0.3 is 0 Å². The molecule has 1 nitrogen and oxygen atoms in total. The van der Waals surface area contributed by atoms with E-state index in [4.69, 9.17) is 0 Å². The second-order valence-corrected chi connectivity index (χ2v) is 2.20. The van der Waals surface area contributed by atoms with Crippen molar-refractivity contribution in [3.63, 3.8) is 0 Å². The van der Waals surface area contributed by atoms with Crippen molar-refractivity contribution < 1.29 is 5.11 Å². The van der Waals surface area contributed by atoms with Gasteiger partial charge in [-0.2, -0.15) is 0 Å². The zero-order valence-corrected chi connectivity index (χ0v) is 5.94. The first kappa shape index (κ1) is 8.70. The molecule has 0 amide bonds. The summed E-state index contributed by atoms with van der Waals surface area (Å²) in [4.78, 5) is 0. The van der Waals surface area contributed by atoms with Crippen molar-refractivity contribution >= 4 is 0 Å². The van der Waals surface area contributed by atoms with E-state index in [1.165, 1.54) is 12.8 Å². The van der Waals surface area contributed by atoms with E-state index in [1.807, 2.05) is 6.08 Å². The van der Waals surface area contributed by atoms with Gasteiger partial charge in [0, 0.05) is 0 Å². The molecule has 0 heterocycles. The number of rotatable bonds is 6. The summed E-state index contributed by atoms with van der Waals surface area (Å²) >= 11 is 0. The first-order valence-electron chi connectivity index (χ1n) is 3.61. The molecule has 0 aliphatic heterocycles. The van der Waals surface area contributed by atoms with Crippen molar-refractivity contribution in [1.29, 1.82) is 0 Å². The molecule has 0 saturated carbocycles. The molecule has 1 heteroatoms. The van der Waals surface area contributed by atoms with E-state index in [-0.39, 0.29) is 6.61 Å². The van der Waals surface area contributed by atoms with E-state index in [0.29, 0.717) is 0 Å². The van der Waals surface area contributed by atoms with Crippen molar-refractivity contribution in [2.45, 2.75) is 32.1 Å². The molecule has 0 unspecified atom stereocenters. The maximum Gasteiger partial charge on any atom is 0.0822 e. The highest BCUT2D eigenvalue weighted by Crippen LogP contribution is 2.01. The summed E-state index contributed by atoms with van der Waals surface area (Å²) in [6, 6.07) is 0. The van der Waals surface area contributed by atoms with Gasteiger partial charge in [0.2, 0.25) is 0 Å². The van der Waals surface area contributed by atoms with Crippen LogP contribution in [0, 0.1) is 0 Å². The summed E-state index contributed by atoms with van der Waals surface area (Å²) in [7, 11) is 0. The molecule has 0 aromatic carbocycles. The Balaban J connectivity index is 2.66. The van der Waals surface area contributed by atoms with Crippen LogP contribution in [-0.2, 0) is 5.11 Å². The Kier molecular flexibility index (Phi) is 7.44. The molecule has 9 heavy (non-hydrogen) atoms. The van der Waals surface area contributed by atoms with Gasteiger partial charge in [-0.15, -0.1) is 6.58 Å². The van der Waals surface area contributed by atoms with Crippen molar-refractivity contribution in [3.8, 4) is 0 Å². The Morgan fingerprint density at radius 2 is 1.78 bits per heavy atom. The predicted molar refractivity (Wildman–Crippen MR) is 38.8 cm³/mol. The summed E-state index contributed by atoms with van der Waals surface area (Å²) in [6.45, 7) is 3.71. The van der Waals surface area contributed by atoms with Crippen LogP contribution < -0.4 is 0 Å². The van der Waals surface area contributed by atoms with Crippen LogP contribution in [0.2, 0.25) is 0 Å². The van der Waals surface area contributed by atoms with E-state index in [0.717, 1.165) is 19.3 Å². The van der Waals surface area contributed by atoms with Gasteiger partial charge in [-0.3, -0.25) is 0 Å². The Hall–Kier alpha value is -0.300. The quantitative estimate of drug-likeness (QED) is 0.386. The van der Waals surface area contributed by atoms with E-state index >= 15 is 0 Å². The molecule has 0 N–H and O–H groups in total. The van der Waals surface area contributed by atoms with Gasteiger partial charge in [0.15, 0.2) is 0 Å². The van der Waals surface area contributed by atoms with Gasteiger partial charge >= 0.3 is 0 Å². The third-order valence-corrected chi connectivity index (χ3v) is 1.30. The lowest BCUT2D eigenvalue weighted by atomic mass is 10.1. The fraction of sp³-hybridized carbons (Fsp3) is 0.750. The van der Waals surface area contributed by atoms with Gasteiger partial charge in [0.1, 0.15) is 0 Å². The molecule has 0 atom stereocenters. The number of hydrogen-bond donors (Lipinski definition) is 0. The molecule has 0 spiro atoms. The minimum absolute atomic E-state index is 0.0914. The molecule has 0 bridgehead atoms. The van der Waals surface area contributed by atoms with Gasteiger partial charge in [-0.05, 0) is 19.3 Å². The average Bonchev–Trinajstić information content (AvgIpc) is 1.89. The van der Waals surface area contributed by atoms with Crippen LogP contribution in [0.3, 0.4) is 0 Å². The zero-order chi connectivity index (χ0) is 6.95. The summed E-state index contributed by atoms with van der Waals surface area (Å²) in [5.41, 5.74) is 0. The summed E-state index contributed by atoms with van der Waals surface area (Å²) in [5, 5.41) is 9.94. The Morgan fingerprint density at radius 1 is 1.11 bits per heavy atom. The second-order valence-electron chi connectivity index (χ2n) is 2.20. The monoisotopic (exact) mass is 127 g/mol. The Morgan fingerprint density at radius 3 is 2.33 bits per heavy atom. The van der Waals surface area contributed by atoms with Crippen molar-refractivity contribution in [2.24, 2.45) is 0 Å². The highest BCUT2D eigenvalue weighted by atomic mass is 16.2. The predicted octanol–water partition coefficient (Wildman–Crippen LogP) is 2.55. The SMILES string of the molecule is C=CCCCCCC[O]. The van der Waals surface area contributed by atoms with Crippen LogP contribution in [0.15, 0.2) is 12.7 Å². The Labute approximate surface area is 57.4 Å². The minimum atomic E-state index is 0.0914. The topological polar surface area (TPSA) is 19.9 Å². The van der Waals surface area contributed by atoms with E-state index < -0.39 is 0 Å². The summed E-state index contributed by atoms with van der Waals surface area (Å²) in [6.07, 6.45) is 7.35. The fourth-order valence-corrected chi connectivity index (χ4v) is 0.744. The molecule has 53 valence electrons. The second kappa shape index (κ2) is 7.70. The standard InChI is InChI=1S/C8H15O/c1-2-3-4-5-6-7-8-9/h2H,1,3-8H2. The molecular weight excluding hydrogens is 112 g/mol. The summed E-state index contributed by atoms with van der Waals surface area (Å²) in [5.74, 6) is 0. The lowest BCUT2D eigenvalue weighted by Crippen LogP contribution is -1.80. The van der Waals surface area contributed by atoms with Crippen LogP contribution in [-0.4, -0.2) is 6.61 Å². The first-order chi connectivity index (χ1) is 4.41. The van der Waals surface area contributed by atoms with Gasteiger partial charge in [0.05, 0.1) is 6.61 Å². The van der Waals surface area contributed by atoms with E-state index in [2.05, 4.69) is 6.58 Å². The molecule has 0 aliphatic rings. The molecular formula is C8H15O. The molecule has 0 aliphatic carbocycles. The molecule has 0 saturated heterocycles. The van der Waals surface area contributed by atoms with E-state index in [1.54, 1.807) is 0 Å². The number of hydrogen-bond acceptors (Lipinski definition) is 0. The first-order valence-corrected chi connectivity index (χ1v) is 3.61. The van der Waals surface area contributed by atoms with Crippen LogP contribution in [0.1, 0.15) is 32.1 Å². The maximum absolute atomic E-state index is 9.94. The summed E-state index contributed by atoms with van der Waals surface area (Å²) < 4.78 is 0. The van der Waals surface area contributed by atoms with E-state index in [9.17, 15) is 5.11 Å². The smallest absolute Gasteiger partial charge is 0.0822 e. The van der Waals surface area contributed by atoms with Crippen molar-refractivity contribution in [2.75, 3.05) is 6.61 Å². The van der Waals surface area contributed by atoms with Gasteiger partial charge in [-0.1, -0.05) is 18.9 Å². The molecule has 1 radical (unpaired) electrons. The third-order valence-electron chi connectivity index (χ3n) is 1.30. The zero-order valence-electron chi connectivity index (χ0n) is 5.94. The fourth-order valence-electron chi connectivity index (χ4n) is 0.744. The highest BCUT2D eigenvalue weighted by Gasteiger charge is 1.85. The normalized spacial score (nSPS) is 9.44. The molecule has 0 fully saturated rings. The lowest BCUT2D eigenvalue weighted by Gasteiger charge is -1.93. The van der Waals surface area contributed by atoms with Crippen LogP contribution >= 0.6 is 0 Å². The van der Waals surface area contributed by atoms with Crippen LogP contribution in [0.5, 0.6) is 0 Å². The number of allylic oxidation sites excluding steroid dienone is 1. The molecule has 0 aromatic heterocycles. The van der Waals surface area contributed by atoms with Gasteiger partial charge in [-0.25, -0.2) is 5.11 Å². The molecule has 0 rings (SSSR count). The Bertz CT molecular complexity index is 59.6. The highest BCUT2D eigenvalue weighted by molar-refractivity contribution is 4.65. The third kappa shape index (κ3) is 7.70. The van der Waals surface area contributed by atoms with Crippen LogP contribution in [0.25, 0.3) is 0 Å². The molecule has 0 aromatic rings. The van der Waals surface area contributed by atoms with Crippen molar-refractivity contribution in [3.05, 3.63) is 12.7 Å². The average molecular weight is 127 g/mol. The van der Waals surface area contributed by atoms with Gasteiger partial charge in [0.25, 0.3) is 0 Å². The van der Waals surface area contributed by atoms with Crippen LogP contribution in [0.4, 0.5) is 0 Å². The number of unbranched alkanes of at least 4 members (excludes halogenated alkanes) is 4. The lowest BCUT2D eigenvalue weighted by molar-refractivity contribution is 0.186. The van der Waals surface area contributed by atoms with Crippen molar-refractivity contribution in [1.82, 2.24) is 0 Å². The maximum atomic E-state index is 9.94. The largest absolute Gasteiger partial charge is 0.237 e.